The number of anilines is 1. The van der Waals surface area contributed by atoms with Gasteiger partial charge in [0.25, 0.3) is 5.56 Å². The Morgan fingerprint density at radius 3 is 2.54 bits per heavy atom. The van der Waals surface area contributed by atoms with Gasteiger partial charge in [0.1, 0.15) is 17.2 Å². The Hall–Kier alpha value is -3.33. The minimum atomic E-state index is -0.405. The average Bonchev–Trinajstić information content (AvgIpc) is 3.23. The largest absolute Gasteiger partial charge is 0.497 e. The van der Waals surface area contributed by atoms with Crippen molar-refractivity contribution in [1.82, 2.24) is 15.1 Å². The Bertz CT molecular complexity index is 979. The summed E-state index contributed by atoms with van der Waals surface area (Å²) >= 11 is 1.55. The van der Waals surface area contributed by atoms with E-state index in [-0.39, 0.29) is 18.6 Å². The molecule has 2 amide bonds. The highest BCUT2D eigenvalue weighted by molar-refractivity contribution is 7.13. The molecule has 146 valence electrons. The fourth-order valence-electron chi connectivity index (χ4n) is 2.50. The zero-order chi connectivity index (χ0) is 19.9. The second kappa shape index (κ2) is 9.05. The molecule has 0 saturated heterocycles. The van der Waals surface area contributed by atoms with E-state index in [1.165, 1.54) is 25.0 Å². The van der Waals surface area contributed by atoms with Crippen LogP contribution in [0, 0.1) is 0 Å². The van der Waals surface area contributed by atoms with Crippen molar-refractivity contribution in [3.8, 4) is 22.1 Å². The summed E-state index contributed by atoms with van der Waals surface area (Å²) in [6, 6.07) is 11.7. The number of ether oxygens (including phenoxy) is 2. The van der Waals surface area contributed by atoms with Crippen LogP contribution in [0.5, 0.6) is 11.5 Å². The van der Waals surface area contributed by atoms with Crippen LogP contribution < -0.4 is 25.7 Å². The van der Waals surface area contributed by atoms with Crippen LogP contribution in [-0.4, -0.2) is 36.6 Å². The van der Waals surface area contributed by atoms with Crippen molar-refractivity contribution in [3.05, 3.63) is 58.2 Å². The third-order valence-electron chi connectivity index (χ3n) is 3.86. The Kier molecular flexibility index (Phi) is 6.28. The molecule has 0 bridgehead atoms. The predicted octanol–water partition coefficient (Wildman–Crippen LogP) is 2.81. The van der Waals surface area contributed by atoms with Gasteiger partial charge in [0.15, 0.2) is 0 Å². The topological polar surface area (TPSA) is 94.5 Å². The molecule has 1 aromatic carbocycles. The predicted molar refractivity (Wildman–Crippen MR) is 108 cm³/mol. The normalized spacial score (nSPS) is 10.4. The molecule has 0 atom stereocenters. The summed E-state index contributed by atoms with van der Waals surface area (Å²) in [5.74, 6) is 1.13. The Balaban J connectivity index is 1.59. The number of carbonyl (C=O) groups excluding carboxylic acids is 1. The number of urea groups is 1. The van der Waals surface area contributed by atoms with Crippen LogP contribution in [0.15, 0.2) is 52.6 Å². The first-order valence-corrected chi connectivity index (χ1v) is 9.37. The summed E-state index contributed by atoms with van der Waals surface area (Å²) in [4.78, 5) is 25.1. The van der Waals surface area contributed by atoms with E-state index in [9.17, 15) is 9.59 Å². The van der Waals surface area contributed by atoms with E-state index in [1.54, 1.807) is 35.6 Å². The van der Waals surface area contributed by atoms with Crippen LogP contribution in [-0.2, 0) is 6.54 Å². The maximum atomic E-state index is 12.1. The molecule has 3 rings (SSSR count). The molecule has 2 heterocycles. The van der Waals surface area contributed by atoms with Crippen LogP contribution in [0.1, 0.15) is 0 Å². The molecule has 0 aliphatic heterocycles. The number of carbonyl (C=O) groups is 1. The maximum absolute atomic E-state index is 12.1. The molecule has 2 N–H and O–H groups in total. The van der Waals surface area contributed by atoms with E-state index in [0.29, 0.717) is 17.2 Å². The number of amides is 2. The summed E-state index contributed by atoms with van der Waals surface area (Å²) in [6.45, 7) is 0.501. The molecule has 2 aromatic heterocycles. The lowest BCUT2D eigenvalue weighted by Gasteiger charge is -2.11. The smallest absolute Gasteiger partial charge is 0.319 e. The van der Waals surface area contributed by atoms with Crippen LogP contribution in [0.4, 0.5) is 10.5 Å². The zero-order valence-electron chi connectivity index (χ0n) is 15.5. The second-order valence-corrected chi connectivity index (χ2v) is 6.69. The second-order valence-electron chi connectivity index (χ2n) is 5.74. The monoisotopic (exact) mass is 400 g/mol. The maximum Gasteiger partial charge on any atom is 0.319 e. The molecule has 0 aliphatic rings. The van der Waals surface area contributed by atoms with E-state index in [1.807, 2.05) is 17.5 Å². The van der Waals surface area contributed by atoms with E-state index in [2.05, 4.69) is 15.7 Å². The van der Waals surface area contributed by atoms with Gasteiger partial charge < -0.3 is 20.1 Å². The summed E-state index contributed by atoms with van der Waals surface area (Å²) in [6.07, 6.45) is 0. The van der Waals surface area contributed by atoms with E-state index < -0.39 is 6.03 Å². The lowest BCUT2D eigenvalue weighted by molar-refractivity contribution is 0.251. The number of hydrogen-bond donors (Lipinski definition) is 2. The van der Waals surface area contributed by atoms with Crippen LogP contribution >= 0.6 is 11.3 Å². The molecule has 0 unspecified atom stereocenters. The highest BCUT2D eigenvalue weighted by Crippen LogP contribution is 2.25. The fourth-order valence-corrected chi connectivity index (χ4v) is 3.19. The number of thiophene rings is 1. The quantitative estimate of drug-likeness (QED) is 0.636. The van der Waals surface area contributed by atoms with Gasteiger partial charge in [-0.3, -0.25) is 4.79 Å². The average molecular weight is 400 g/mol. The van der Waals surface area contributed by atoms with Gasteiger partial charge in [-0.05, 0) is 17.5 Å². The molecule has 3 aromatic rings. The summed E-state index contributed by atoms with van der Waals surface area (Å²) in [5.41, 5.74) is 1.03. The number of nitrogens with zero attached hydrogens (tertiary/aromatic N) is 2. The van der Waals surface area contributed by atoms with E-state index in [4.69, 9.17) is 9.47 Å². The number of benzene rings is 1. The van der Waals surface area contributed by atoms with Crippen molar-refractivity contribution in [2.75, 3.05) is 26.1 Å². The first kappa shape index (κ1) is 19.4. The van der Waals surface area contributed by atoms with Gasteiger partial charge >= 0.3 is 6.03 Å². The van der Waals surface area contributed by atoms with Gasteiger partial charge in [-0.2, -0.15) is 5.10 Å². The molecular weight excluding hydrogens is 380 g/mol. The molecule has 0 spiro atoms. The number of rotatable bonds is 7. The van der Waals surface area contributed by atoms with E-state index in [0.717, 1.165) is 10.6 Å². The van der Waals surface area contributed by atoms with E-state index >= 15 is 0 Å². The zero-order valence-corrected chi connectivity index (χ0v) is 16.3. The van der Waals surface area contributed by atoms with Crippen molar-refractivity contribution < 1.29 is 14.3 Å². The number of aromatic nitrogens is 2. The number of methoxy groups -OCH3 is 2. The minimum absolute atomic E-state index is 0.222. The number of nitrogens with one attached hydrogen (secondary N) is 2. The summed E-state index contributed by atoms with van der Waals surface area (Å²) < 4.78 is 11.7. The van der Waals surface area contributed by atoms with Gasteiger partial charge in [0.2, 0.25) is 0 Å². The molecule has 28 heavy (non-hydrogen) atoms. The molecule has 9 heteroatoms. The fraction of sp³-hybridized carbons (Fsp3) is 0.211. The van der Waals surface area contributed by atoms with Gasteiger partial charge in [0, 0.05) is 36.5 Å². The third-order valence-corrected chi connectivity index (χ3v) is 4.75. The van der Waals surface area contributed by atoms with Crippen molar-refractivity contribution in [2.45, 2.75) is 6.54 Å². The lowest BCUT2D eigenvalue weighted by atomic mass is 10.3. The first-order chi connectivity index (χ1) is 13.6. The minimum Gasteiger partial charge on any atom is -0.497 e. The molecule has 8 nitrogen and oxygen atoms in total. The first-order valence-electron chi connectivity index (χ1n) is 8.49. The van der Waals surface area contributed by atoms with Gasteiger partial charge in [-0.1, -0.05) is 6.07 Å². The van der Waals surface area contributed by atoms with Gasteiger partial charge in [0.05, 0.1) is 25.6 Å². The Morgan fingerprint density at radius 2 is 1.89 bits per heavy atom. The van der Waals surface area contributed by atoms with Crippen molar-refractivity contribution in [3.63, 3.8) is 0 Å². The Morgan fingerprint density at radius 1 is 1.14 bits per heavy atom. The van der Waals surface area contributed by atoms with Crippen LogP contribution in [0.2, 0.25) is 0 Å². The van der Waals surface area contributed by atoms with Crippen LogP contribution in [0.25, 0.3) is 10.6 Å². The Labute approximate surface area is 165 Å². The molecule has 0 aliphatic carbocycles. The van der Waals surface area contributed by atoms with Gasteiger partial charge in [-0.15, -0.1) is 11.3 Å². The lowest BCUT2D eigenvalue weighted by Crippen LogP contribution is -2.34. The van der Waals surface area contributed by atoms with Crippen LogP contribution in [0.3, 0.4) is 0 Å². The molecular formula is C19H20N4O4S. The standard InChI is InChI=1S/C19H20N4O4S/c1-26-14-10-13(11-15(12-14)27-2)21-19(25)20-7-8-23-18(24)6-5-16(22-23)17-4-3-9-28-17/h3-6,9-12H,7-8H2,1-2H3,(H2,20,21,25). The van der Waals surface area contributed by atoms with Crippen molar-refractivity contribution in [1.29, 1.82) is 0 Å². The third kappa shape index (κ3) is 4.89. The van der Waals surface area contributed by atoms with Crippen molar-refractivity contribution >= 4 is 23.1 Å². The molecule has 0 fully saturated rings. The van der Waals surface area contributed by atoms with Crippen molar-refractivity contribution in [2.24, 2.45) is 0 Å². The molecule has 0 saturated carbocycles. The summed E-state index contributed by atoms with van der Waals surface area (Å²) in [5, 5.41) is 11.7. The summed E-state index contributed by atoms with van der Waals surface area (Å²) in [7, 11) is 3.07. The SMILES string of the molecule is COc1cc(NC(=O)NCCn2nc(-c3cccs3)ccc2=O)cc(OC)c1. The van der Waals surface area contributed by atoms with Gasteiger partial charge in [-0.25, -0.2) is 9.48 Å². The molecule has 0 radical (unpaired) electrons. The highest BCUT2D eigenvalue weighted by Gasteiger charge is 2.07. The number of hydrogen-bond acceptors (Lipinski definition) is 6. The highest BCUT2D eigenvalue weighted by atomic mass is 32.1.